The highest BCUT2D eigenvalue weighted by Gasteiger charge is 2.66. The largest absolute Gasteiger partial charge is 0.462 e. The fourth-order valence-electron chi connectivity index (χ4n) is 8.29. The van der Waals surface area contributed by atoms with Crippen LogP contribution in [0.25, 0.3) is 0 Å². The zero-order chi connectivity index (χ0) is 20.5. The summed E-state index contributed by atoms with van der Waals surface area (Å²) in [6, 6.07) is 0. The molecule has 0 radical (unpaired) electrons. The second kappa shape index (κ2) is 6.44. The number of esters is 1. The molecule has 0 spiro atoms. The van der Waals surface area contributed by atoms with Crippen LogP contribution in [0.2, 0.25) is 0 Å². The monoisotopic (exact) mass is 386 g/mol. The zero-order valence-corrected chi connectivity index (χ0v) is 18.6. The van der Waals surface area contributed by atoms with Gasteiger partial charge in [-0.2, -0.15) is 0 Å². The molecule has 4 rings (SSSR count). The molecule has 0 aliphatic heterocycles. The molecule has 0 bridgehead atoms. The van der Waals surface area contributed by atoms with E-state index in [0.717, 1.165) is 25.7 Å². The van der Waals surface area contributed by atoms with E-state index in [1.807, 2.05) is 6.92 Å². The van der Waals surface area contributed by atoms with Crippen LogP contribution in [-0.4, -0.2) is 17.9 Å². The molecule has 4 aliphatic rings. The number of ketones is 1. The van der Waals surface area contributed by atoms with Crippen LogP contribution in [-0.2, 0) is 14.3 Å². The Morgan fingerprint density at radius 1 is 1.07 bits per heavy atom. The Hall–Kier alpha value is -1.12. The summed E-state index contributed by atoms with van der Waals surface area (Å²) in [7, 11) is 0. The van der Waals surface area contributed by atoms with Crippen LogP contribution in [0.1, 0.15) is 86.5 Å². The maximum absolute atomic E-state index is 12.8. The SMILES string of the molecule is CC(=O)O[C@@H]1CC[C@@]2(C)C(=CC[C@@H]3[C@H]2CC[C@@]2(C)[C@H]3C[C@H](C)[C@]2(C)C(C)=O)C1. The first-order chi connectivity index (χ1) is 13.0. The van der Waals surface area contributed by atoms with Gasteiger partial charge in [0.25, 0.3) is 0 Å². The third kappa shape index (κ3) is 2.53. The summed E-state index contributed by atoms with van der Waals surface area (Å²) in [5.41, 5.74) is 1.74. The minimum Gasteiger partial charge on any atom is -0.462 e. The number of rotatable bonds is 2. The van der Waals surface area contributed by atoms with Crippen molar-refractivity contribution in [2.75, 3.05) is 0 Å². The Bertz CT molecular complexity index is 723. The fraction of sp³-hybridized carbons (Fsp3) is 0.840. The number of hydrogen-bond acceptors (Lipinski definition) is 3. The standard InChI is InChI=1S/C25H38O3/c1-15-13-22-20-8-7-18-14-19(28-17(3)27)9-11-23(18,4)21(20)10-12-24(22,5)25(15,6)16(2)26/h7,15,19-22H,8-14H2,1-6H3/t15-,19+,20+,21+,22-,23-,24-,25+/m0/s1. The summed E-state index contributed by atoms with van der Waals surface area (Å²) in [6.45, 7) is 12.8. The molecule has 0 aromatic heterocycles. The number of fused-ring (bicyclic) bond motifs is 5. The Balaban J connectivity index is 1.64. The molecule has 0 amide bonds. The fourth-order valence-corrected chi connectivity index (χ4v) is 8.29. The Morgan fingerprint density at radius 2 is 1.79 bits per heavy atom. The van der Waals surface area contributed by atoms with Gasteiger partial charge in [-0.3, -0.25) is 9.59 Å². The lowest BCUT2D eigenvalue weighted by Gasteiger charge is -2.59. The first kappa shape index (κ1) is 20.2. The Labute approximate surface area is 170 Å². The lowest BCUT2D eigenvalue weighted by atomic mass is 9.45. The van der Waals surface area contributed by atoms with Crippen molar-refractivity contribution in [3.63, 3.8) is 0 Å². The molecular weight excluding hydrogens is 348 g/mol. The van der Waals surface area contributed by atoms with Crippen LogP contribution >= 0.6 is 0 Å². The number of hydrogen-bond donors (Lipinski definition) is 0. The van der Waals surface area contributed by atoms with E-state index in [2.05, 4.69) is 33.8 Å². The van der Waals surface area contributed by atoms with Crippen molar-refractivity contribution in [3.05, 3.63) is 11.6 Å². The van der Waals surface area contributed by atoms with Gasteiger partial charge in [0.2, 0.25) is 0 Å². The maximum Gasteiger partial charge on any atom is 0.302 e. The normalized spacial score (nSPS) is 50.1. The second-order valence-electron chi connectivity index (χ2n) is 11.1. The molecule has 3 nitrogen and oxygen atoms in total. The molecule has 0 aromatic carbocycles. The van der Waals surface area contributed by atoms with E-state index >= 15 is 0 Å². The van der Waals surface area contributed by atoms with Gasteiger partial charge >= 0.3 is 5.97 Å². The molecule has 0 saturated heterocycles. The average Bonchev–Trinajstić information content (AvgIpc) is 2.83. The molecule has 0 N–H and O–H groups in total. The van der Waals surface area contributed by atoms with E-state index in [1.165, 1.54) is 31.8 Å². The van der Waals surface area contributed by atoms with Gasteiger partial charge in [-0.05, 0) is 80.0 Å². The quantitative estimate of drug-likeness (QED) is 0.450. The molecule has 3 heteroatoms. The van der Waals surface area contributed by atoms with Gasteiger partial charge in [-0.25, -0.2) is 0 Å². The molecule has 8 atom stereocenters. The van der Waals surface area contributed by atoms with Crippen molar-refractivity contribution in [2.24, 2.45) is 39.9 Å². The molecular formula is C25H38O3. The zero-order valence-electron chi connectivity index (χ0n) is 18.6. The van der Waals surface area contributed by atoms with E-state index < -0.39 is 0 Å². The van der Waals surface area contributed by atoms with E-state index in [1.54, 1.807) is 0 Å². The van der Waals surface area contributed by atoms with Gasteiger partial charge in [-0.1, -0.05) is 39.3 Å². The van der Waals surface area contributed by atoms with E-state index in [9.17, 15) is 9.59 Å². The third-order valence-corrected chi connectivity index (χ3v) is 10.3. The highest BCUT2D eigenvalue weighted by atomic mass is 16.5. The van der Waals surface area contributed by atoms with Gasteiger partial charge in [0.15, 0.2) is 0 Å². The van der Waals surface area contributed by atoms with Crippen LogP contribution in [0.3, 0.4) is 0 Å². The average molecular weight is 387 g/mol. The van der Waals surface area contributed by atoms with Crippen LogP contribution in [0, 0.1) is 39.9 Å². The molecule has 4 aliphatic carbocycles. The lowest BCUT2D eigenvalue weighted by Crippen LogP contribution is -2.53. The number of carbonyl (C=O) groups excluding carboxylic acids is 2. The number of Topliss-reactive ketones (excluding diaryl/α,β-unsaturated/α-hetero) is 1. The summed E-state index contributed by atoms with van der Waals surface area (Å²) < 4.78 is 5.56. The first-order valence-electron chi connectivity index (χ1n) is 11.4. The minimum absolute atomic E-state index is 0.0646. The molecule has 3 fully saturated rings. The topological polar surface area (TPSA) is 43.4 Å². The summed E-state index contributed by atoms with van der Waals surface area (Å²) in [6.07, 6.45) is 10.3. The van der Waals surface area contributed by atoms with Crippen LogP contribution in [0.5, 0.6) is 0 Å². The van der Waals surface area contributed by atoms with Gasteiger partial charge in [0, 0.05) is 18.8 Å². The molecule has 156 valence electrons. The van der Waals surface area contributed by atoms with Gasteiger partial charge in [0.05, 0.1) is 0 Å². The molecule has 0 heterocycles. The van der Waals surface area contributed by atoms with Gasteiger partial charge in [0.1, 0.15) is 11.9 Å². The number of allylic oxidation sites excluding steroid dienone is 1. The van der Waals surface area contributed by atoms with Crippen molar-refractivity contribution in [1.82, 2.24) is 0 Å². The van der Waals surface area contributed by atoms with Crippen molar-refractivity contribution in [1.29, 1.82) is 0 Å². The summed E-state index contributed by atoms with van der Waals surface area (Å²) in [5, 5.41) is 0. The van der Waals surface area contributed by atoms with E-state index in [-0.39, 0.29) is 28.3 Å². The highest BCUT2D eigenvalue weighted by Crippen LogP contribution is 2.71. The van der Waals surface area contributed by atoms with Crippen molar-refractivity contribution < 1.29 is 14.3 Å². The minimum atomic E-state index is -0.180. The molecule has 0 aromatic rings. The Morgan fingerprint density at radius 3 is 2.43 bits per heavy atom. The smallest absolute Gasteiger partial charge is 0.302 e. The number of ether oxygens (including phenoxy) is 1. The highest BCUT2D eigenvalue weighted by molar-refractivity contribution is 5.83. The molecule has 28 heavy (non-hydrogen) atoms. The maximum atomic E-state index is 12.8. The Kier molecular flexibility index (Phi) is 4.64. The van der Waals surface area contributed by atoms with Crippen LogP contribution < -0.4 is 0 Å². The first-order valence-corrected chi connectivity index (χ1v) is 11.4. The predicted molar refractivity (Wildman–Crippen MR) is 111 cm³/mol. The second-order valence-corrected chi connectivity index (χ2v) is 11.1. The predicted octanol–water partition coefficient (Wildman–Crippen LogP) is 5.72. The lowest BCUT2D eigenvalue weighted by molar-refractivity contribution is -0.150. The van der Waals surface area contributed by atoms with Crippen molar-refractivity contribution in [2.45, 2.75) is 92.6 Å². The van der Waals surface area contributed by atoms with E-state index in [0.29, 0.717) is 29.5 Å². The van der Waals surface area contributed by atoms with E-state index in [4.69, 9.17) is 4.74 Å². The third-order valence-electron chi connectivity index (χ3n) is 10.3. The van der Waals surface area contributed by atoms with Crippen molar-refractivity contribution in [3.8, 4) is 0 Å². The number of carbonyl (C=O) groups is 2. The summed E-state index contributed by atoms with van der Waals surface area (Å²) >= 11 is 0. The summed E-state index contributed by atoms with van der Waals surface area (Å²) in [5.74, 6) is 2.77. The van der Waals surface area contributed by atoms with Crippen LogP contribution in [0.15, 0.2) is 11.6 Å². The van der Waals surface area contributed by atoms with Gasteiger partial charge in [-0.15, -0.1) is 0 Å². The van der Waals surface area contributed by atoms with Crippen molar-refractivity contribution >= 4 is 11.8 Å². The summed E-state index contributed by atoms with van der Waals surface area (Å²) in [4.78, 5) is 24.2. The molecule has 0 unspecified atom stereocenters. The van der Waals surface area contributed by atoms with Crippen LogP contribution in [0.4, 0.5) is 0 Å². The molecule has 3 saturated carbocycles. The van der Waals surface area contributed by atoms with Gasteiger partial charge < -0.3 is 4.74 Å².